The Hall–Kier alpha value is -1.89. The van der Waals surface area contributed by atoms with Gasteiger partial charge in [-0.1, -0.05) is 0 Å². The van der Waals surface area contributed by atoms with Gasteiger partial charge in [-0.25, -0.2) is 0 Å². The minimum Gasteiger partial charge on any atom is -0.379 e. The van der Waals surface area contributed by atoms with Crippen molar-refractivity contribution in [2.24, 2.45) is 5.92 Å². The summed E-state index contributed by atoms with van der Waals surface area (Å²) in [6.45, 7) is 5.63. The number of carbonyl (C=O) groups is 2. The normalized spacial score (nSPS) is 20.8. The van der Waals surface area contributed by atoms with Crippen LogP contribution in [-0.4, -0.2) is 59.8 Å². The van der Waals surface area contributed by atoms with Crippen molar-refractivity contribution in [3.8, 4) is 0 Å². The van der Waals surface area contributed by atoms with Gasteiger partial charge in [-0.15, -0.1) is 0 Å². The van der Waals surface area contributed by atoms with Gasteiger partial charge in [0, 0.05) is 58.2 Å². The highest BCUT2D eigenvalue weighted by Gasteiger charge is 2.36. The van der Waals surface area contributed by atoms with E-state index >= 15 is 0 Å². The quantitative estimate of drug-likeness (QED) is 0.827. The molecule has 0 radical (unpaired) electrons. The van der Waals surface area contributed by atoms with Gasteiger partial charge in [0.15, 0.2) is 0 Å². The molecule has 0 bridgehead atoms. The Bertz CT molecular complexity index is 570. The second kappa shape index (κ2) is 7.59. The smallest absolute Gasteiger partial charge is 0.224 e. The first-order chi connectivity index (χ1) is 10.9. The van der Waals surface area contributed by atoms with Crippen molar-refractivity contribution < 1.29 is 14.3 Å². The average Bonchev–Trinajstić information content (AvgIpc) is 3.07. The van der Waals surface area contributed by atoms with Crippen molar-refractivity contribution in [3.05, 3.63) is 17.5 Å². The van der Waals surface area contributed by atoms with Gasteiger partial charge in [0.05, 0.1) is 11.8 Å². The van der Waals surface area contributed by atoms with Crippen LogP contribution in [0.3, 0.4) is 0 Å². The van der Waals surface area contributed by atoms with Gasteiger partial charge < -0.3 is 15.0 Å². The fraction of sp³-hybridized carbons (Fsp3) is 0.688. The van der Waals surface area contributed by atoms with E-state index in [1.165, 1.54) is 0 Å². The number of nitrogens with zero attached hydrogens (tertiary/aromatic N) is 3. The number of amides is 2. The fourth-order valence-electron chi connectivity index (χ4n) is 3.11. The second-order valence-electron chi connectivity index (χ2n) is 6.11. The van der Waals surface area contributed by atoms with Crippen molar-refractivity contribution in [2.75, 3.05) is 27.2 Å². The van der Waals surface area contributed by atoms with Crippen LogP contribution in [0.5, 0.6) is 0 Å². The van der Waals surface area contributed by atoms with Crippen molar-refractivity contribution in [2.45, 2.75) is 39.3 Å². The van der Waals surface area contributed by atoms with Crippen LogP contribution >= 0.6 is 0 Å². The molecule has 7 nitrogen and oxygen atoms in total. The van der Waals surface area contributed by atoms with Crippen molar-refractivity contribution >= 4 is 11.8 Å². The standard InChI is InChI=1S/C16H26N4O3/c1-11-7-12(2)20(18-11)6-5-16(22)19-9-13(8-15(21)17-3)14(10-19)23-4/h7,13-14H,5-6,8-10H2,1-4H3,(H,17,21)/t13-,14-/m0/s1. The van der Waals surface area contributed by atoms with Gasteiger partial charge in [-0.3, -0.25) is 14.3 Å². The molecule has 0 unspecified atom stereocenters. The number of carbonyl (C=O) groups excluding carboxylic acids is 2. The Labute approximate surface area is 137 Å². The lowest BCUT2D eigenvalue weighted by Crippen LogP contribution is -2.30. The van der Waals surface area contributed by atoms with Crippen LogP contribution < -0.4 is 5.32 Å². The van der Waals surface area contributed by atoms with Gasteiger partial charge >= 0.3 is 0 Å². The molecule has 1 aliphatic heterocycles. The summed E-state index contributed by atoms with van der Waals surface area (Å²) in [5, 5.41) is 7.00. The van der Waals surface area contributed by atoms with Gasteiger partial charge in [0.25, 0.3) is 0 Å². The lowest BCUT2D eigenvalue weighted by Gasteiger charge is -2.16. The first kappa shape index (κ1) is 17.5. The van der Waals surface area contributed by atoms with E-state index in [0.717, 1.165) is 11.4 Å². The number of rotatable bonds is 6. The molecule has 2 heterocycles. The SMILES string of the molecule is CNC(=O)C[C@H]1CN(C(=O)CCn2nc(C)cc2C)C[C@@H]1OC. The lowest BCUT2D eigenvalue weighted by molar-refractivity contribution is -0.131. The van der Waals surface area contributed by atoms with Gasteiger partial charge in [0.2, 0.25) is 11.8 Å². The molecule has 0 aliphatic carbocycles. The summed E-state index contributed by atoms with van der Waals surface area (Å²) in [6, 6.07) is 2.00. The van der Waals surface area contributed by atoms with Crippen LogP contribution in [0.4, 0.5) is 0 Å². The lowest BCUT2D eigenvalue weighted by atomic mass is 10.0. The van der Waals surface area contributed by atoms with Crippen molar-refractivity contribution in [1.29, 1.82) is 0 Å². The number of likely N-dealkylation sites (tertiary alicyclic amines) is 1. The Morgan fingerprint density at radius 2 is 2.13 bits per heavy atom. The highest BCUT2D eigenvalue weighted by Crippen LogP contribution is 2.23. The maximum absolute atomic E-state index is 12.4. The maximum atomic E-state index is 12.4. The third-order valence-corrected chi connectivity index (χ3v) is 4.40. The summed E-state index contributed by atoms with van der Waals surface area (Å²) in [7, 11) is 3.25. The third kappa shape index (κ3) is 4.31. The minimum absolute atomic E-state index is 0.0195. The zero-order chi connectivity index (χ0) is 17.0. The summed E-state index contributed by atoms with van der Waals surface area (Å²) in [6.07, 6.45) is 0.714. The summed E-state index contributed by atoms with van der Waals surface area (Å²) in [5.74, 6) is 0.116. The molecule has 0 spiro atoms. The average molecular weight is 322 g/mol. The van der Waals surface area contributed by atoms with Gasteiger partial charge in [-0.2, -0.15) is 5.10 Å². The van der Waals surface area contributed by atoms with Crippen LogP contribution in [0, 0.1) is 19.8 Å². The van der Waals surface area contributed by atoms with E-state index < -0.39 is 0 Å². The number of methoxy groups -OCH3 is 1. The van der Waals surface area contributed by atoms with E-state index in [0.29, 0.717) is 32.5 Å². The third-order valence-electron chi connectivity index (χ3n) is 4.40. The monoisotopic (exact) mass is 322 g/mol. The fourth-order valence-corrected chi connectivity index (χ4v) is 3.11. The maximum Gasteiger partial charge on any atom is 0.224 e. The summed E-state index contributed by atoms with van der Waals surface area (Å²) >= 11 is 0. The molecule has 2 amide bonds. The van der Waals surface area contributed by atoms with Gasteiger partial charge in [-0.05, 0) is 19.9 Å². The molecular formula is C16H26N4O3. The number of ether oxygens (including phenoxy) is 1. The number of aryl methyl sites for hydroxylation is 3. The number of hydrogen-bond donors (Lipinski definition) is 1. The molecule has 1 saturated heterocycles. The van der Waals surface area contributed by atoms with Gasteiger partial charge in [0.1, 0.15) is 0 Å². The molecule has 23 heavy (non-hydrogen) atoms. The molecule has 7 heteroatoms. The van der Waals surface area contributed by atoms with Crippen LogP contribution in [0.15, 0.2) is 6.07 Å². The van der Waals surface area contributed by atoms with Crippen LogP contribution in [0.1, 0.15) is 24.2 Å². The largest absolute Gasteiger partial charge is 0.379 e. The molecular weight excluding hydrogens is 296 g/mol. The van der Waals surface area contributed by atoms with E-state index in [2.05, 4.69) is 10.4 Å². The number of hydrogen-bond acceptors (Lipinski definition) is 4. The van der Waals surface area contributed by atoms with E-state index in [-0.39, 0.29) is 23.8 Å². The Morgan fingerprint density at radius 1 is 1.39 bits per heavy atom. The molecule has 0 saturated carbocycles. The summed E-state index contributed by atoms with van der Waals surface area (Å²) in [5.41, 5.74) is 2.02. The molecule has 1 aliphatic rings. The zero-order valence-corrected chi connectivity index (χ0v) is 14.3. The van der Waals surface area contributed by atoms with Crippen LogP contribution in [0.2, 0.25) is 0 Å². The second-order valence-corrected chi connectivity index (χ2v) is 6.11. The molecule has 1 fully saturated rings. The predicted molar refractivity (Wildman–Crippen MR) is 85.9 cm³/mol. The molecule has 2 atom stereocenters. The highest BCUT2D eigenvalue weighted by molar-refractivity contribution is 5.78. The van der Waals surface area contributed by atoms with E-state index in [4.69, 9.17) is 4.74 Å². The van der Waals surface area contributed by atoms with Crippen molar-refractivity contribution in [1.82, 2.24) is 20.0 Å². The predicted octanol–water partition coefficient (Wildman–Crippen LogP) is 0.500. The summed E-state index contributed by atoms with van der Waals surface area (Å²) in [4.78, 5) is 25.8. The number of nitrogens with one attached hydrogen (secondary N) is 1. The molecule has 1 aromatic heterocycles. The van der Waals surface area contributed by atoms with Crippen LogP contribution in [-0.2, 0) is 20.9 Å². The molecule has 0 aromatic carbocycles. The van der Waals surface area contributed by atoms with E-state index in [1.807, 2.05) is 24.6 Å². The minimum atomic E-state index is -0.0788. The molecule has 2 rings (SSSR count). The Morgan fingerprint density at radius 3 is 2.70 bits per heavy atom. The molecule has 128 valence electrons. The highest BCUT2D eigenvalue weighted by atomic mass is 16.5. The van der Waals surface area contributed by atoms with E-state index in [1.54, 1.807) is 19.1 Å². The van der Waals surface area contributed by atoms with E-state index in [9.17, 15) is 9.59 Å². The summed E-state index contributed by atoms with van der Waals surface area (Å²) < 4.78 is 7.30. The molecule has 1 N–H and O–H groups in total. The first-order valence-electron chi connectivity index (χ1n) is 7.96. The Balaban J connectivity index is 1.90. The van der Waals surface area contributed by atoms with Crippen molar-refractivity contribution in [3.63, 3.8) is 0 Å². The van der Waals surface area contributed by atoms with Crippen LogP contribution in [0.25, 0.3) is 0 Å². The first-order valence-corrected chi connectivity index (χ1v) is 7.96. The topological polar surface area (TPSA) is 76.5 Å². The zero-order valence-electron chi connectivity index (χ0n) is 14.3. The number of aromatic nitrogens is 2. The Kier molecular flexibility index (Phi) is 5.76. The molecule has 1 aromatic rings.